The number of methoxy groups -OCH3 is 2. The molecule has 0 aliphatic carbocycles. The molecule has 11 atom stereocenters. The van der Waals surface area contributed by atoms with Crippen molar-refractivity contribution < 1.29 is 57.4 Å². The molecule has 2 rings (SSSR count). The third-order valence-electron chi connectivity index (χ3n) is 14.1. The number of benzene rings is 1. The van der Waals surface area contributed by atoms with Crippen LogP contribution in [0.15, 0.2) is 24.3 Å². The second-order valence-corrected chi connectivity index (χ2v) is 21.0. The highest BCUT2D eigenvalue weighted by molar-refractivity contribution is 5.98. The number of primary amides is 2. The number of hydrogen-bond donors (Lipinski definition) is 9. The van der Waals surface area contributed by atoms with Gasteiger partial charge in [-0.3, -0.25) is 43.3 Å². The van der Waals surface area contributed by atoms with Crippen LogP contribution in [0.4, 0.5) is 10.5 Å². The number of anilines is 1. The first-order valence-electron chi connectivity index (χ1n) is 26.7. The van der Waals surface area contributed by atoms with Crippen molar-refractivity contribution in [3.8, 4) is 0 Å². The summed E-state index contributed by atoms with van der Waals surface area (Å²) in [5, 5.41) is 16.5. The molecule has 1 aromatic rings. The van der Waals surface area contributed by atoms with Gasteiger partial charge in [0.2, 0.25) is 47.3 Å². The number of nitrogens with zero attached hydrogens (tertiary/aromatic N) is 3. The minimum Gasteiger partial charge on any atom is -0.379 e. The van der Waals surface area contributed by atoms with Gasteiger partial charge in [-0.05, 0) is 88.6 Å². The monoisotopic (exact) mass is 1090 g/mol. The molecule has 0 radical (unpaired) electrons. The summed E-state index contributed by atoms with van der Waals surface area (Å²) >= 11 is 0. The zero-order chi connectivity index (χ0) is 58.3. The first-order chi connectivity index (χ1) is 36.2. The van der Waals surface area contributed by atoms with Gasteiger partial charge in [0.25, 0.3) is 0 Å². The van der Waals surface area contributed by atoms with Crippen LogP contribution < -0.4 is 49.1 Å². The zero-order valence-corrected chi connectivity index (χ0v) is 47.8. The lowest BCUT2D eigenvalue weighted by molar-refractivity contribution is -0.147. The minimum atomic E-state index is -1.10. The topological polar surface area (TPSA) is 341 Å². The van der Waals surface area contributed by atoms with E-state index < -0.39 is 109 Å². The van der Waals surface area contributed by atoms with Crippen molar-refractivity contribution in [2.45, 2.75) is 155 Å². The van der Waals surface area contributed by atoms with Crippen LogP contribution in [0.25, 0.3) is 0 Å². The highest BCUT2D eigenvalue weighted by Gasteiger charge is 2.43. The summed E-state index contributed by atoms with van der Waals surface area (Å²) in [4.78, 5) is 123. The molecule has 24 heteroatoms. The SMILES string of the molecule is CC[C@H](C)[C@@H]([C@@H](CC(=O)N1CCC[C@H]1[C@H](OC)[C@@H](C)C(=O)N[C@H](CN)Cc1ccc(NC(=O)[C@H](CCCNC(N)=O)NC(=O)[C@@H](NC(=O)COCC(N)=O)C(C)C)cc1)OC)N(C)C(=O)[C@H](C)NC(=O)[C@H](C(C)C)N(C)C. The normalized spacial score (nSPS) is 17.4. The van der Waals surface area contributed by atoms with Gasteiger partial charge < -0.3 is 73.1 Å². The predicted molar refractivity (Wildman–Crippen MR) is 291 cm³/mol. The summed E-state index contributed by atoms with van der Waals surface area (Å²) in [7, 11) is 8.37. The van der Waals surface area contributed by atoms with Crippen LogP contribution in [0.1, 0.15) is 99.5 Å². The average Bonchev–Trinajstić information content (AvgIpc) is 3.85. The Morgan fingerprint density at radius 2 is 1.44 bits per heavy atom. The fraction of sp³-hybridized carbons (Fsp3) is 0.717. The van der Waals surface area contributed by atoms with Crippen LogP contribution in [0.3, 0.4) is 0 Å². The number of urea groups is 1. The number of rotatable bonds is 34. The number of hydrogen-bond acceptors (Lipinski definition) is 14. The highest BCUT2D eigenvalue weighted by Crippen LogP contribution is 2.30. The van der Waals surface area contributed by atoms with Crippen molar-refractivity contribution in [3.63, 3.8) is 0 Å². The quantitative estimate of drug-likeness (QED) is 0.0417. The molecule has 1 fully saturated rings. The van der Waals surface area contributed by atoms with Crippen molar-refractivity contribution in [2.75, 3.05) is 73.5 Å². The van der Waals surface area contributed by atoms with Gasteiger partial charge in [-0.25, -0.2) is 4.79 Å². The largest absolute Gasteiger partial charge is 0.379 e. The van der Waals surface area contributed by atoms with Crippen LogP contribution >= 0.6 is 0 Å². The third kappa shape index (κ3) is 21.4. The summed E-state index contributed by atoms with van der Waals surface area (Å²) in [6.07, 6.45) is 1.31. The number of carbonyl (C=O) groups is 9. The van der Waals surface area contributed by atoms with Gasteiger partial charge in [0.05, 0.1) is 42.7 Å². The maximum atomic E-state index is 14.3. The van der Waals surface area contributed by atoms with E-state index in [1.165, 1.54) is 14.2 Å². The number of nitrogens with two attached hydrogens (primary N) is 3. The number of nitrogens with one attached hydrogen (secondary N) is 6. The average molecular weight is 1090 g/mol. The first kappa shape index (κ1) is 67.2. The van der Waals surface area contributed by atoms with Crippen LogP contribution in [0.5, 0.6) is 0 Å². The molecule has 436 valence electrons. The number of likely N-dealkylation sites (tertiary alicyclic amines) is 1. The number of ether oxygens (including phenoxy) is 3. The lowest BCUT2D eigenvalue weighted by atomic mass is 9.90. The maximum absolute atomic E-state index is 14.3. The Hall–Kier alpha value is -5.95. The Morgan fingerprint density at radius 3 is 1.97 bits per heavy atom. The van der Waals surface area contributed by atoms with Crippen LogP contribution in [0.2, 0.25) is 0 Å². The lowest BCUT2D eigenvalue weighted by Gasteiger charge is -2.40. The smallest absolute Gasteiger partial charge is 0.312 e. The van der Waals surface area contributed by atoms with Crippen molar-refractivity contribution in [1.82, 2.24) is 41.3 Å². The van der Waals surface area contributed by atoms with E-state index in [0.717, 1.165) is 5.56 Å². The van der Waals surface area contributed by atoms with E-state index in [2.05, 4.69) is 31.9 Å². The molecule has 12 N–H and O–H groups in total. The molecule has 0 saturated carbocycles. The summed E-state index contributed by atoms with van der Waals surface area (Å²) in [6.45, 7) is 14.4. The Labute approximate surface area is 455 Å². The highest BCUT2D eigenvalue weighted by atomic mass is 16.5. The molecule has 1 aromatic carbocycles. The van der Waals surface area contributed by atoms with Gasteiger partial charge in [0.1, 0.15) is 31.3 Å². The Bertz CT molecular complexity index is 2090. The fourth-order valence-corrected chi connectivity index (χ4v) is 9.91. The molecule has 24 nitrogen and oxygen atoms in total. The van der Waals surface area contributed by atoms with Gasteiger partial charge in [-0.1, -0.05) is 67.0 Å². The molecule has 0 aromatic heterocycles. The molecule has 0 bridgehead atoms. The van der Waals surface area contributed by atoms with E-state index in [1.807, 2.05) is 46.7 Å². The summed E-state index contributed by atoms with van der Waals surface area (Å²) in [5.41, 5.74) is 17.6. The van der Waals surface area contributed by atoms with E-state index in [4.69, 9.17) is 31.4 Å². The standard InChI is InChI=1S/C53H92N12O12/c1-14-32(6)46(64(11)52(73)34(8)58-51(72)45(31(4)5)63(9)10)40(75-12)26-43(68)65-24-16-18-39(65)47(76-13)33(7)48(69)60-37(27-54)25-35-19-21-36(22-20-35)59-49(70)38(17-15-23-57-53(56)74)61-50(71)44(30(2)3)62-42(67)29-77-28-41(55)66/h19-22,30-34,37-40,44-47H,14-18,23-29,54H2,1-13H3,(H2,55,66)(H,58,72)(H,59,70)(H,60,69)(H,61,71)(H,62,67)(H3,56,57,74)/t32-,33+,34-,37-,38-,39-,40+,44-,45-,46-,47+/m0/s1. The second kappa shape index (κ2) is 33.4. The van der Waals surface area contributed by atoms with Crippen molar-refractivity contribution in [1.29, 1.82) is 0 Å². The Morgan fingerprint density at radius 1 is 0.792 bits per heavy atom. The molecule has 1 aliphatic heterocycles. The van der Waals surface area contributed by atoms with Gasteiger partial charge in [0.15, 0.2) is 0 Å². The molecule has 0 spiro atoms. The van der Waals surface area contributed by atoms with Crippen LogP contribution in [-0.2, 0) is 59.0 Å². The van der Waals surface area contributed by atoms with Gasteiger partial charge in [0, 0.05) is 52.6 Å². The molecule has 0 unspecified atom stereocenters. The molecule has 10 amide bonds. The molecule has 1 heterocycles. The summed E-state index contributed by atoms with van der Waals surface area (Å²) in [6, 6.07) is 1.28. The molecule has 1 saturated heterocycles. The van der Waals surface area contributed by atoms with E-state index in [-0.39, 0.29) is 67.8 Å². The van der Waals surface area contributed by atoms with E-state index in [9.17, 15) is 43.2 Å². The number of likely N-dealkylation sites (N-methyl/N-ethyl adjacent to an activating group) is 2. The lowest BCUT2D eigenvalue weighted by Crippen LogP contribution is -2.57. The first-order valence-corrected chi connectivity index (χ1v) is 26.7. The molecular weight excluding hydrogens is 997 g/mol. The molecule has 1 aliphatic rings. The Balaban J connectivity index is 2.17. The third-order valence-corrected chi connectivity index (χ3v) is 14.1. The number of carbonyl (C=O) groups excluding carboxylic acids is 9. The van der Waals surface area contributed by atoms with Gasteiger partial charge in [-0.15, -0.1) is 0 Å². The van der Waals surface area contributed by atoms with E-state index in [1.54, 1.807) is 68.8 Å². The Kier molecular flexibility index (Phi) is 29.1. The van der Waals surface area contributed by atoms with Crippen LogP contribution in [0, 0.1) is 23.7 Å². The molecule has 77 heavy (non-hydrogen) atoms. The van der Waals surface area contributed by atoms with Crippen LogP contribution in [-0.4, -0.2) is 191 Å². The van der Waals surface area contributed by atoms with Gasteiger partial charge in [-0.2, -0.15) is 0 Å². The molecular formula is C53H92N12O12. The predicted octanol–water partition coefficient (Wildman–Crippen LogP) is 0.198. The maximum Gasteiger partial charge on any atom is 0.312 e. The zero-order valence-electron chi connectivity index (χ0n) is 47.8. The van der Waals surface area contributed by atoms with Gasteiger partial charge >= 0.3 is 6.03 Å². The van der Waals surface area contributed by atoms with Crippen molar-refractivity contribution >= 4 is 59.0 Å². The van der Waals surface area contributed by atoms with E-state index in [0.29, 0.717) is 37.9 Å². The number of amides is 10. The van der Waals surface area contributed by atoms with E-state index >= 15 is 0 Å². The fourth-order valence-electron chi connectivity index (χ4n) is 9.91. The van der Waals surface area contributed by atoms with Crippen molar-refractivity contribution in [2.24, 2.45) is 40.9 Å². The second-order valence-electron chi connectivity index (χ2n) is 21.0. The van der Waals surface area contributed by atoms with Crippen molar-refractivity contribution in [3.05, 3.63) is 29.8 Å². The minimum absolute atomic E-state index is 0.0166. The summed E-state index contributed by atoms with van der Waals surface area (Å²) in [5.74, 6) is -4.87. The summed E-state index contributed by atoms with van der Waals surface area (Å²) < 4.78 is 17.0.